The molecule has 1 unspecified atom stereocenters. The van der Waals surface area contributed by atoms with Crippen molar-refractivity contribution in [2.45, 2.75) is 33.2 Å². The first kappa shape index (κ1) is 13.1. The highest BCUT2D eigenvalue weighted by molar-refractivity contribution is 5.18. The van der Waals surface area contributed by atoms with Gasteiger partial charge in [0.25, 0.3) is 0 Å². The minimum Gasteiger partial charge on any atom is -0.314 e. The van der Waals surface area contributed by atoms with Crippen molar-refractivity contribution in [1.82, 2.24) is 5.32 Å². The van der Waals surface area contributed by atoms with Crippen LogP contribution in [0.4, 0.5) is 8.78 Å². The molecule has 0 bridgehead atoms. The Hall–Kier alpha value is -0.960. The van der Waals surface area contributed by atoms with Gasteiger partial charge in [-0.3, -0.25) is 0 Å². The maximum absolute atomic E-state index is 13.0. The average Bonchev–Trinajstić information content (AvgIpc) is 2.21. The predicted octanol–water partition coefficient (Wildman–Crippen LogP) is 3.14. The maximum Gasteiger partial charge on any atom is 0.159 e. The Balaban J connectivity index is 2.49. The first-order chi connectivity index (χ1) is 7.49. The average molecular weight is 227 g/mol. The van der Waals surface area contributed by atoms with Crippen molar-refractivity contribution in [2.24, 2.45) is 5.92 Å². The van der Waals surface area contributed by atoms with E-state index in [4.69, 9.17) is 0 Å². The summed E-state index contributed by atoms with van der Waals surface area (Å²) >= 11 is 0. The summed E-state index contributed by atoms with van der Waals surface area (Å²) in [5.74, 6) is -1.13. The number of halogens is 2. The van der Waals surface area contributed by atoms with E-state index in [9.17, 15) is 8.78 Å². The van der Waals surface area contributed by atoms with Crippen molar-refractivity contribution < 1.29 is 8.78 Å². The minimum absolute atomic E-state index is 0.410. The summed E-state index contributed by atoms with van der Waals surface area (Å²) in [4.78, 5) is 0. The van der Waals surface area contributed by atoms with Gasteiger partial charge in [0.1, 0.15) is 0 Å². The topological polar surface area (TPSA) is 12.0 Å². The van der Waals surface area contributed by atoms with E-state index in [0.29, 0.717) is 12.0 Å². The maximum atomic E-state index is 13.0. The Morgan fingerprint density at radius 1 is 1.12 bits per heavy atom. The van der Waals surface area contributed by atoms with Crippen molar-refractivity contribution in [3.63, 3.8) is 0 Å². The normalized spacial score (nSPS) is 13.1. The molecule has 1 nitrogen and oxygen atoms in total. The Kier molecular flexibility index (Phi) is 4.87. The van der Waals surface area contributed by atoms with Crippen molar-refractivity contribution in [3.8, 4) is 0 Å². The van der Waals surface area contributed by atoms with Gasteiger partial charge in [0.05, 0.1) is 0 Å². The summed E-state index contributed by atoms with van der Waals surface area (Å²) in [6, 6.07) is 4.56. The number of hydrogen-bond acceptors (Lipinski definition) is 1. The van der Waals surface area contributed by atoms with E-state index in [0.717, 1.165) is 18.5 Å². The van der Waals surface area contributed by atoms with Crippen LogP contribution in [0.2, 0.25) is 0 Å². The fourth-order valence-corrected chi connectivity index (χ4v) is 1.58. The summed E-state index contributed by atoms with van der Waals surface area (Å²) in [6.07, 6.45) is 0.761. The smallest absolute Gasteiger partial charge is 0.159 e. The highest BCUT2D eigenvalue weighted by atomic mass is 19.2. The molecule has 0 aliphatic rings. The van der Waals surface area contributed by atoms with Crippen LogP contribution < -0.4 is 5.32 Å². The van der Waals surface area contributed by atoms with E-state index < -0.39 is 11.6 Å². The van der Waals surface area contributed by atoms with Crippen LogP contribution in [0.25, 0.3) is 0 Å². The van der Waals surface area contributed by atoms with Gasteiger partial charge in [-0.05, 0) is 36.6 Å². The quantitative estimate of drug-likeness (QED) is 0.814. The molecule has 16 heavy (non-hydrogen) atoms. The van der Waals surface area contributed by atoms with Crippen LogP contribution in [0, 0.1) is 17.6 Å². The Labute approximate surface area is 95.9 Å². The van der Waals surface area contributed by atoms with Gasteiger partial charge >= 0.3 is 0 Å². The molecule has 0 fully saturated rings. The second kappa shape index (κ2) is 5.94. The number of nitrogens with one attached hydrogen (secondary N) is 1. The van der Waals surface area contributed by atoms with Crippen LogP contribution in [-0.4, -0.2) is 12.6 Å². The van der Waals surface area contributed by atoms with Crippen LogP contribution >= 0.6 is 0 Å². The molecule has 1 aromatic carbocycles. The van der Waals surface area contributed by atoms with Crippen molar-refractivity contribution >= 4 is 0 Å². The highest BCUT2D eigenvalue weighted by Crippen LogP contribution is 2.12. The lowest BCUT2D eigenvalue weighted by Gasteiger charge is -2.14. The Morgan fingerprint density at radius 3 is 2.38 bits per heavy atom. The van der Waals surface area contributed by atoms with Crippen LogP contribution in [0.3, 0.4) is 0 Å². The van der Waals surface area contributed by atoms with Crippen LogP contribution in [0.1, 0.15) is 26.3 Å². The van der Waals surface area contributed by atoms with Gasteiger partial charge in [-0.25, -0.2) is 8.78 Å². The van der Waals surface area contributed by atoms with Crippen molar-refractivity contribution in [1.29, 1.82) is 0 Å². The van der Waals surface area contributed by atoms with E-state index in [-0.39, 0.29) is 0 Å². The van der Waals surface area contributed by atoms with Gasteiger partial charge in [0.15, 0.2) is 11.6 Å². The lowest BCUT2D eigenvalue weighted by atomic mass is 10.0. The fourth-order valence-electron chi connectivity index (χ4n) is 1.58. The standard InChI is InChI=1S/C13H19F2N/c1-9(2)16-8-10(3)6-11-4-5-12(14)13(15)7-11/h4-5,7,9-10,16H,6,8H2,1-3H3. The molecule has 1 N–H and O–H groups in total. The molecule has 0 saturated heterocycles. The molecule has 1 rings (SSSR count). The predicted molar refractivity (Wildman–Crippen MR) is 62.4 cm³/mol. The fraction of sp³-hybridized carbons (Fsp3) is 0.538. The van der Waals surface area contributed by atoms with Gasteiger partial charge in [-0.1, -0.05) is 26.8 Å². The van der Waals surface area contributed by atoms with Crippen LogP contribution in [0.5, 0.6) is 0 Å². The Bertz CT molecular complexity index is 337. The number of rotatable bonds is 5. The molecule has 90 valence electrons. The third kappa shape index (κ3) is 4.27. The Morgan fingerprint density at radius 2 is 1.81 bits per heavy atom. The minimum atomic E-state index is -0.781. The van der Waals surface area contributed by atoms with E-state index in [1.165, 1.54) is 12.1 Å². The molecule has 0 saturated carbocycles. The summed E-state index contributed by atoms with van der Waals surface area (Å²) in [6.45, 7) is 7.15. The molecule has 0 amide bonds. The van der Waals surface area contributed by atoms with Crippen molar-refractivity contribution in [2.75, 3.05) is 6.54 Å². The molecule has 1 atom stereocenters. The zero-order valence-electron chi connectivity index (χ0n) is 10.1. The van der Waals surface area contributed by atoms with E-state index in [2.05, 4.69) is 26.1 Å². The van der Waals surface area contributed by atoms with E-state index in [1.54, 1.807) is 6.07 Å². The van der Waals surface area contributed by atoms with E-state index in [1.807, 2.05) is 0 Å². The zero-order valence-corrected chi connectivity index (χ0v) is 10.1. The van der Waals surface area contributed by atoms with Crippen LogP contribution in [-0.2, 0) is 6.42 Å². The second-order valence-electron chi connectivity index (χ2n) is 4.62. The highest BCUT2D eigenvalue weighted by Gasteiger charge is 2.07. The molecule has 3 heteroatoms. The first-order valence-corrected chi connectivity index (χ1v) is 5.66. The molecule has 0 aromatic heterocycles. The van der Waals surface area contributed by atoms with Gasteiger partial charge in [-0.2, -0.15) is 0 Å². The number of hydrogen-bond donors (Lipinski definition) is 1. The molecule has 0 radical (unpaired) electrons. The third-order valence-corrected chi connectivity index (χ3v) is 2.44. The van der Waals surface area contributed by atoms with Crippen LogP contribution in [0.15, 0.2) is 18.2 Å². The monoisotopic (exact) mass is 227 g/mol. The molecular weight excluding hydrogens is 208 g/mol. The van der Waals surface area contributed by atoms with Gasteiger partial charge in [0.2, 0.25) is 0 Å². The summed E-state index contributed by atoms with van der Waals surface area (Å²) in [7, 11) is 0. The lowest BCUT2D eigenvalue weighted by molar-refractivity contribution is 0.471. The molecule has 0 spiro atoms. The largest absolute Gasteiger partial charge is 0.314 e. The van der Waals surface area contributed by atoms with Gasteiger partial charge in [0, 0.05) is 6.04 Å². The van der Waals surface area contributed by atoms with Gasteiger partial charge < -0.3 is 5.32 Å². The first-order valence-electron chi connectivity index (χ1n) is 5.66. The summed E-state index contributed by atoms with van der Waals surface area (Å²) in [5, 5.41) is 3.32. The van der Waals surface area contributed by atoms with E-state index >= 15 is 0 Å². The van der Waals surface area contributed by atoms with Gasteiger partial charge in [-0.15, -0.1) is 0 Å². The third-order valence-electron chi connectivity index (χ3n) is 2.44. The molecule has 0 aliphatic carbocycles. The van der Waals surface area contributed by atoms with Crippen molar-refractivity contribution in [3.05, 3.63) is 35.4 Å². The molecular formula is C13H19F2N. The SMILES string of the molecule is CC(CNC(C)C)Cc1ccc(F)c(F)c1. The number of benzene rings is 1. The zero-order chi connectivity index (χ0) is 12.1. The summed E-state index contributed by atoms with van der Waals surface area (Å²) in [5.41, 5.74) is 0.844. The lowest BCUT2D eigenvalue weighted by Crippen LogP contribution is -2.28. The summed E-state index contributed by atoms with van der Waals surface area (Å²) < 4.78 is 25.7. The molecule has 0 heterocycles. The molecule has 1 aromatic rings. The second-order valence-corrected chi connectivity index (χ2v) is 4.62. The molecule has 0 aliphatic heterocycles.